The first kappa shape index (κ1) is 21.5. The molecule has 1 heterocycles. The van der Waals surface area contributed by atoms with Crippen molar-refractivity contribution in [2.45, 2.75) is 0 Å². The number of hydrogen-bond donors (Lipinski definition) is 0. The molecule has 1 aliphatic heterocycles. The average Bonchev–Trinajstić information content (AvgIpc) is 2.73. The van der Waals surface area contributed by atoms with Crippen molar-refractivity contribution in [1.29, 1.82) is 0 Å². The SMILES string of the molecule is CN(C(=O)CN1CCN(c2ccc(Cl)cc2[N+](=O)[O-])CC1)c1ccc([N+](=O)[O-])cc1. The number of non-ortho nitro benzene ring substituents is 1. The molecule has 0 aliphatic carbocycles. The molecule has 1 amide bonds. The van der Waals surface area contributed by atoms with Crippen molar-refractivity contribution in [3.8, 4) is 0 Å². The number of anilines is 2. The van der Waals surface area contributed by atoms with Crippen molar-refractivity contribution in [3.05, 3.63) is 67.7 Å². The third-order valence-corrected chi connectivity index (χ3v) is 5.26. The Labute approximate surface area is 177 Å². The van der Waals surface area contributed by atoms with E-state index in [1.807, 2.05) is 9.80 Å². The van der Waals surface area contributed by atoms with Crippen LogP contribution in [0.2, 0.25) is 5.02 Å². The van der Waals surface area contributed by atoms with Crippen LogP contribution >= 0.6 is 11.6 Å². The first-order chi connectivity index (χ1) is 14.3. The summed E-state index contributed by atoms with van der Waals surface area (Å²) in [6.45, 7) is 2.40. The molecular weight excluding hydrogens is 414 g/mol. The summed E-state index contributed by atoms with van der Waals surface area (Å²) in [5, 5.41) is 22.4. The lowest BCUT2D eigenvalue weighted by Crippen LogP contribution is -2.50. The van der Waals surface area contributed by atoms with Crippen LogP contribution in [0.25, 0.3) is 0 Å². The lowest BCUT2D eigenvalue weighted by Gasteiger charge is -2.36. The Balaban J connectivity index is 1.58. The van der Waals surface area contributed by atoms with Crippen molar-refractivity contribution in [1.82, 2.24) is 4.90 Å². The van der Waals surface area contributed by atoms with Crippen LogP contribution < -0.4 is 9.80 Å². The summed E-state index contributed by atoms with van der Waals surface area (Å²) in [5.74, 6) is -0.144. The Morgan fingerprint density at radius 2 is 1.67 bits per heavy atom. The number of likely N-dealkylation sites (N-methyl/N-ethyl adjacent to an activating group) is 1. The fourth-order valence-electron chi connectivity index (χ4n) is 3.30. The van der Waals surface area contributed by atoms with Gasteiger partial charge >= 0.3 is 0 Å². The third-order valence-electron chi connectivity index (χ3n) is 5.03. The number of hydrogen-bond acceptors (Lipinski definition) is 7. The number of rotatable bonds is 6. The second-order valence-corrected chi connectivity index (χ2v) is 7.32. The number of carbonyl (C=O) groups excluding carboxylic acids is 1. The van der Waals surface area contributed by atoms with Crippen LogP contribution in [-0.4, -0.2) is 60.4 Å². The molecule has 0 saturated carbocycles. The van der Waals surface area contributed by atoms with Gasteiger partial charge in [-0.1, -0.05) is 11.6 Å². The van der Waals surface area contributed by atoms with Gasteiger partial charge in [0.2, 0.25) is 5.91 Å². The molecule has 1 aliphatic rings. The minimum absolute atomic E-state index is 0.0352. The third kappa shape index (κ3) is 4.84. The molecule has 1 saturated heterocycles. The van der Waals surface area contributed by atoms with E-state index in [0.29, 0.717) is 42.6 Å². The van der Waals surface area contributed by atoms with Crippen molar-refractivity contribution in [2.75, 3.05) is 49.6 Å². The van der Waals surface area contributed by atoms with Crippen LogP contribution in [0.4, 0.5) is 22.7 Å². The number of nitrogens with zero attached hydrogens (tertiary/aromatic N) is 5. The van der Waals surface area contributed by atoms with Gasteiger partial charge in [0.25, 0.3) is 11.4 Å². The summed E-state index contributed by atoms with van der Waals surface area (Å²) < 4.78 is 0. The molecule has 2 aromatic carbocycles. The number of benzene rings is 2. The average molecular weight is 434 g/mol. The highest BCUT2D eigenvalue weighted by molar-refractivity contribution is 6.30. The highest BCUT2D eigenvalue weighted by Crippen LogP contribution is 2.31. The molecule has 2 aromatic rings. The van der Waals surface area contributed by atoms with Gasteiger partial charge in [-0.15, -0.1) is 0 Å². The number of amides is 1. The highest BCUT2D eigenvalue weighted by atomic mass is 35.5. The van der Waals surface area contributed by atoms with E-state index in [0.717, 1.165) is 0 Å². The maximum Gasteiger partial charge on any atom is 0.294 e. The smallest absolute Gasteiger partial charge is 0.294 e. The molecule has 0 aromatic heterocycles. The lowest BCUT2D eigenvalue weighted by atomic mass is 10.2. The van der Waals surface area contributed by atoms with Crippen LogP contribution in [0.5, 0.6) is 0 Å². The zero-order valence-corrected chi connectivity index (χ0v) is 17.0. The summed E-state index contributed by atoms with van der Waals surface area (Å²) in [5.41, 5.74) is 1.01. The van der Waals surface area contributed by atoms with Crippen molar-refractivity contribution in [3.63, 3.8) is 0 Å². The van der Waals surface area contributed by atoms with E-state index < -0.39 is 9.85 Å². The van der Waals surface area contributed by atoms with Gasteiger partial charge in [-0.25, -0.2) is 0 Å². The van der Waals surface area contributed by atoms with Gasteiger partial charge in [-0.05, 0) is 24.3 Å². The van der Waals surface area contributed by atoms with E-state index in [1.165, 1.54) is 35.2 Å². The van der Waals surface area contributed by atoms with Crippen LogP contribution in [0.15, 0.2) is 42.5 Å². The van der Waals surface area contributed by atoms with Crippen molar-refractivity contribution in [2.24, 2.45) is 0 Å². The molecule has 0 unspecified atom stereocenters. The van der Waals surface area contributed by atoms with Gasteiger partial charge in [0.1, 0.15) is 5.69 Å². The van der Waals surface area contributed by atoms with Crippen LogP contribution in [0.3, 0.4) is 0 Å². The molecule has 1 fully saturated rings. The summed E-state index contributed by atoms with van der Waals surface area (Å²) in [4.78, 5) is 39.1. The van der Waals surface area contributed by atoms with E-state index in [2.05, 4.69) is 0 Å². The molecule has 11 heteroatoms. The van der Waals surface area contributed by atoms with E-state index >= 15 is 0 Å². The zero-order valence-electron chi connectivity index (χ0n) is 16.2. The minimum Gasteiger partial charge on any atom is -0.363 e. The predicted molar refractivity (Wildman–Crippen MR) is 113 cm³/mol. The molecule has 0 spiro atoms. The molecule has 0 radical (unpaired) electrons. The standard InChI is InChI=1S/C19H20ClN5O5/c1-21(15-3-5-16(6-4-15)24(27)28)19(26)13-22-8-10-23(11-9-22)17-7-2-14(20)12-18(17)25(29)30/h2-7,12H,8-11,13H2,1H3. The topological polar surface area (TPSA) is 113 Å². The first-order valence-corrected chi connectivity index (χ1v) is 9.56. The molecule has 0 N–H and O–H groups in total. The highest BCUT2D eigenvalue weighted by Gasteiger charge is 2.25. The monoisotopic (exact) mass is 433 g/mol. The zero-order chi connectivity index (χ0) is 21.8. The fourth-order valence-corrected chi connectivity index (χ4v) is 3.46. The quantitative estimate of drug-likeness (QED) is 0.508. The Bertz CT molecular complexity index is 960. The first-order valence-electron chi connectivity index (χ1n) is 9.18. The normalized spacial score (nSPS) is 14.4. The largest absolute Gasteiger partial charge is 0.363 e. The number of nitro groups is 2. The molecule has 158 valence electrons. The summed E-state index contributed by atoms with van der Waals surface area (Å²) in [6.07, 6.45) is 0. The Morgan fingerprint density at radius 1 is 1.03 bits per heavy atom. The molecule has 30 heavy (non-hydrogen) atoms. The molecule has 3 rings (SSSR count). The number of nitro benzene ring substituents is 2. The maximum absolute atomic E-state index is 12.6. The summed E-state index contributed by atoms with van der Waals surface area (Å²) >= 11 is 5.88. The molecule has 0 bridgehead atoms. The minimum atomic E-state index is -0.490. The van der Waals surface area contributed by atoms with Gasteiger partial charge in [0, 0.05) is 62.1 Å². The number of halogens is 1. The van der Waals surface area contributed by atoms with Crippen LogP contribution in [0, 0.1) is 20.2 Å². The Hall–Kier alpha value is -3.24. The summed E-state index contributed by atoms with van der Waals surface area (Å²) in [7, 11) is 1.62. The number of carbonyl (C=O) groups is 1. The van der Waals surface area contributed by atoms with E-state index in [9.17, 15) is 25.0 Å². The van der Waals surface area contributed by atoms with Crippen LogP contribution in [-0.2, 0) is 4.79 Å². The second-order valence-electron chi connectivity index (χ2n) is 6.88. The van der Waals surface area contributed by atoms with E-state index in [1.54, 1.807) is 19.2 Å². The second kappa shape index (κ2) is 9.06. The van der Waals surface area contributed by atoms with Gasteiger partial charge in [0.05, 0.1) is 16.4 Å². The summed E-state index contributed by atoms with van der Waals surface area (Å²) in [6, 6.07) is 10.4. The van der Waals surface area contributed by atoms with Crippen molar-refractivity contribution >= 4 is 40.3 Å². The fraction of sp³-hybridized carbons (Fsp3) is 0.316. The van der Waals surface area contributed by atoms with Crippen LogP contribution in [0.1, 0.15) is 0 Å². The van der Waals surface area contributed by atoms with Crippen molar-refractivity contribution < 1.29 is 14.6 Å². The van der Waals surface area contributed by atoms with Gasteiger partial charge < -0.3 is 9.80 Å². The lowest BCUT2D eigenvalue weighted by molar-refractivity contribution is -0.384. The maximum atomic E-state index is 12.6. The molecular formula is C19H20ClN5O5. The van der Waals surface area contributed by atoms with Gasteiger partial charge in [0.15, 0.2) is 0 Å². The Morgan fingerprint density at radius 3 is 2.23 bits per heavy atom. The van der Waals surface area contributed by atoms with Gasteiger partial charge in [-0.3, -0.25) is 29.9 Å². The van der Waals surface area contributed by atoms with E-state index in [-0.39, 0.29) is 23.8 Å². The molecule has 10 nitrogen and oxygen atoms in total. The van der Waals surface area contributed by atoms with E-state index in [4.69, 9.17) is 11.6 Å². The number of piperazine rings is 1. The van der Waals surface area contributed by atoms with Gasteiger partial charge in [-0.2, -0.15) is 0 Å². The molecule has 0 atom stereocenters. The Kier molecular flexibility index (Phi) is 6.48. The predicted octanol–water partition coefficient (Wildman–Crippen LogP) is 2.94.